The lowest BCUT2D eigenvalue weighted by Gasteiger charge is -2.18. The van der Waals surface area contributed by atoms with Crippen molar-refractivity contribution < 1.29 is 9.57 Å². The molecule has 0 unspecified atom stereocenters. The zero-order valence-corrected chi connectivity index (χ0v) is 14.8. The van der Waals surface area contributed by atoms with Crippen LogP contribution in [0, 0.1) is 0 Å². The molecule has 0 saturated carbocycles. The second-order valence-electron chi connectivity index (χ2n) is 5.54. The van der Waals surface area contributed by atoms with Gasteiger partial charge in [-0.2, -0.15) is 0 Å². The van der Waals surface area contributed by atoms with Crippen LogP contribution in [0.2, 0.25) is 0 Å². The van der Waals surface area contributed by atoms with Crippen LogP contribution in [0.25, 0.3) is 21.1 Å². The van der Waals surface area contributed by atoms with E-state index in [0.717, 1.165) is 32.6 Å². The van der Waals surface area contributed by atoms with Crippen molar-refractivity contribution in [3.05, 3.63) is 61.2 Å². The van der Waals surface area contributed by atoms with Crippen molar-refractivity contribution in [1.29, 1.82) is 0 Å². The average molecular weight is 364 g/mol. The van der Waals surface area contributed by atoms with Crippen LogP contribution in [-0.2, 0) is 4.84 Å². The summed E-state index contributed by atoms with van der Waals surface area (Å²) in [6.07, 6.45) is 7.70. The summed E-state index contributed by atoms with van der Waals surface area (Å²) in [6, 6.07) is 7.75. The average Bonchev–Trinajstić information content (AvgIpc) is 3.19. The van der Waals surface area contributed by atoms with Crippen molar-refractivity contribution in [2.45, 2.75) is 6.42 Å². The molecule has 0 saturated heterocycles. The first kappa shape index (κ1) is 16.4. The van der Waals surface area contributed by atoms with E-state index in [2.05, 4.69) is 21.7 Å². The van der Waals surface area contributed by atoms with Gasteiger partial charge < -0.3 is 9.57 Å². The third kappa shape index (κ3) is 3.34. The Labute approximate surface area is 154 Å². The minimum atomic E-state index is 0.364. The van der Waals surface area contributed by atoms with E-state index in [0.29, 0.717) is 25.3 Å². The molecule has 0 bridgehead atoms. The van der Waals surface area contributed by atoms with Gasteiger partial charge in [-0.05, 0) is 24.3 Å². The zero-order valence-electron chi connectivity index (χ0n) is 14.0. The van der Waals surface area contributed by atoms with Gasteiger partial charge in [0.15, 0.2) is 0 Å². The maximum Gasteiger partial charge on any atom is 0.147 e. The maximum atomic E-state index is 5.69. The molecular formula is C19H16N4O2S. The fourth-order valence-electron chi connectivity index (χ4n) is 2.55. The molecule has 3 aromatic rings. The number of hydrogen-bond acceptors (Lipinski definition) is 7. The second-order valence-corrected chi connectivity index (χ2v) is 6.57. The summed E-state index contributed by atoms with van der Waals surface area (Å²) in [7, 11) is 0. The minimum absolute atomic E-state index is 0.364. The lowest BCUT2D eigenvalue weighted by Crippen LogP contribution is -2.18. The maximum absolute atomic E-state index is 5.69. The molecular weight excluding hydrogens is 348 g/mol. The van der Waals surface area contributed by atoms with Crippen molar-refractivity contribution >= 4 is 17.0 Å². The largest absolute Gasteiger partial charge is 0.491 e. The van der Waals surface area contributed by atoms with Crippen LogP contribution in [0.1, 0.15) is 12.1 Å². The third-order valence-corrected chi connectivity index (χ3v) is 4.83. The Balaban J connectivity index is 1.67. The number of fused-ring (bicyclic) bond motifs is 1. The predicted molar refractivity (Wildman–Crippen MR) is 101 cm³/mol. The molecule has 26 heavy (non-hydrogen) atoms. The Bertz CT molecular complexity index is 953. The number of hydrogen-bond donors (Lipinski definition) is 0. The molecule has 0 N–H and O–H groups in total. The molecule has 0 amide bonds. The summed E-state index contributed by atoms with van der Waals surface area (Å²) in [5.41, 5.74) is 3.32. The Morgan fingerprint density at radius 3 is 3.12 bits per heavy atom. The van der Waals surface area contributed by atoms with E-state index < -0.39 is 0 Å². The van der Waals surface area contributed by atoms with Crippen molar-refractivity contribution in [3.63, 3.8) is 0 Å². The molecule has 6 nitrogen and oxygen atoms in total. The lowest BCUT2D eigenvalue weighted by molar-refractivity contribution is 0.172. The van der Waals surface area contributed by atoms with Crippen molar-refractivity contribution in [2.24, 2.45) is 5.16 Å². The van der Waals surface area contributed by atoms with Crippen molar-refractivity contribution in [1.82, 2.24) is 15.0 Å². The summed E-state index contributed by atoms with van der Waals surface area (Å²) in [5, 5.41) is 5.09. The molecule has 1 aliphatic rings. The normalized spacial score (nSPS) is 14.5. The van der Waals surface area contributed by atoms with E-state index in [1.165, 1.54) is 0 Å². The molecule has 3 aromatic heterocycles. The SMILES string of the molecule is C=CCO/N=C1\CCOc2ccc(-c3cnc(-c4cccnc4)s3)nc21. The van der Waals surface area contributed by atoms with Crippen LogP contribution in [0.3, 0.4) is 0 Å². The van der Waals surface area contributed by atoms with Gasteiger partial charge >= 0.3 is 0 Å². The third-order valence-electron chi connectivity index (χ3n) is 3.76. The highest BCUT2D eigenvalue weighted by atomic mass is 32.1. The quantitative estimate of drug-likeness (QED) is 0.389. The first-order valence-corrected chi connectivity index (χ1v) is 8.97. The fourth-order valence-corrected chi connectivity index (χ4v) is 3.43. The van der Waals surface area contributed by atoms with Gasteiger partial charge in [0.05, 0.1) is 17.2 Å². The topological polar surface area (TPSA) is 69.5 Å². The first-order valence-electron chi connectivity index (χ1n) is 8.15. The second kappa shape index (κ2) is 7.45. The van der Waals surface area contributed by atoms with Crippen LogP contribution in [0.4, 0.5) is 0 Å². The molecule has 7 heteroatoms. The van der Waals surface area contributed by atoms with E-state index in [4.69, 9.17) is 14.6 Å². The highest BCUT2D eigenvalue weighted by Crippen LogP contribution is 2.33. The van der Waals surface area contributed by atoms with Gasteiger partial charge in [-0.25, -0.2) is 9.97 Å². The summed E-state index contributed by atoms with van der Waals surface area (Å²) in [4.78, 5) is 19.6. The van der Waals surface area contributed by atoms with Crippen LogP contribution in [0.5, 0.6) is 5.75 Å². The number of aromatic nitrogens is 3. The highest BCUT2D eigenvalue weighted by molar-refractivity contribution is 7.18. The standard InChI is InChI=1S/C19H16N4O2S/c1-2-9-25-23-15-7-10-24-16-6-5-14(22-18(15)16)17-12-21-19(26-17)13-4-3-8-20-11-13/h2-6,8,11-12H,1,7,9-10H2/b23-15+. The Kier molecular flexibility index (Phi) is 4.70. The van der Waals surface area contributed by atoms with E-state index in [1.54, 1.807) is 29.8 Å². The Hall–Kier alpha value is -3.06. The zero-order chi connectivity index (χ0) is 17.8. The fraction of sp³-hybridized carbons (Fsp3) is 0.158. The molecule has 0 aliphatic carbocycles. The van der Waals surface area contributed by atoms with Crippen molar-refractivity contribution in [2.75, 3.05) is 13.2 Å². The highest BCUT2D eigenvalue weighted by Gasteiger charge is 2.21. The summed E-state index contributed by atoms with van der Waals surface area (Å²) < 4.78 is 5.69. The number of thiazole rings is 1. The number of pyridine rings is 2. The predicted octanol–water partition coefficient (Wildman–Crippen LogP) is 3.96. The summed E-state index contributed by atoms with van der Waals surface area (Å²) >= 11 is 1.57. The van der Waals surface area contributed by atoms with Gasteiger partial charge in [0.2, 0.25) is 0 Å². The van der Waals surface area contributed by atoms with Gasteiger partial charge in [0, 0.05) is 30.6 Å². The van der Waals surface area contributed by atoms with Crippen LogP contribution in [0.15, 0.2) is 60.7 Å². The molecule has 0 aromatic carbocycles. The van der Waals surface area contributed by atoms with E-state index in [9.17, 15) is 0 Å². The van der Waals surface area contributed by atoms with Gasteiger partial charge in [-0.1, -0.05) is 17.8 Å². The summed E-state index contributed by atoms with van der Waals surface area (Å²) in [6.45, 7) is 4.55. The van der Waals surface area contributed by atoms with Gasteiger partial charge in [-0.15, -0.1) is 11.3 Å². The molecule has 1 aliphatic heterocycles. The minimum Gasteiger partial charge on any atom is -0.491 e. The molecule has 4 heterocycles. The first-order chi connectivity index (χ1) is 12.8. The number of rotatable bonds is 5. The van der Waals surface area contributed by atoms with Gasteiger partial charge in [0.1, 0.15) is 28.8 Å². The molecule has 0 radical (unpaired) electrons. The number of ether oxygens (including phenoxy) is 1. The monoisotopic (exact) mass is 364 g/mol. The van der Waals surface area contributed by atoms with Gasteiger partial charge in [0.25, 0.3) is 0 Å². The molecule has 130 valence electrons. The molecule has 0 spiro atoms. The number of oxime groups is 1. The Morgan fingerprint density at radius 1 is 1.31 bits per heavy atom. The molecule has 0 atom stereocenters. The molecule has 4 rings (SSSR count). The molecule has 0 fully saturated rings. The van der Waals surface area contributed by atoms with Crippen LogP contribution in [-0.4, -0.2) is 33.9 Å². The van der Waals surface area contributed by atoms with Crippen LogP contribution < -0.4 is 4.74 Å². The van der Waals surface area contributed by atoms with Crippen LogP contribution >= 0.6 is 11.3 Å². The van der Waals surface area contributed by atoms with E-state index in [1.807, 2.05) is 30.5 Å². The summed E-state index contributed by atoms with van der Waals surface area (Å²) in [5.74, 6) is 0.720. The lowest BCUT2D eigenvalue weighted by atomic mass is 10.1. The smallest absolute Gasteiger partial charge is 0.147 e. The van der Waals surface area contributed by atoms with Gasteiger partial charge in [-0.3, -0.25) is 4.98 Å². The Morgan fingerprint density at radius 2 is 2.27 bits per heavy atom. The van der Waals surface area contributed by atoms with E-state index >= 15 is 0 Å². The van der Waals surface area contributed by atoms with E-state index in [-0.39, 0.29) is 0 Å². The number of nitrogens with zero attached hydrogens (tertiary/aromatic N) is 4. The van der Waals surface area contributed by atoms with Crippen molar-refractivity contribution in [3.8, 4) is 26.9 Å².